The standard InChI is InChI=1S/C23H34N4O2S/c1-8-18(9-2)27-14-17(6)21(22(27)25-15(3)4)24-13-20-16(5)12-19(30-20)23(29)26(7)10-11-28/h12-14,18,28H,8-11H2,1-7H3. The Morgan fingerprint density at radius 1 is 1.27 bits per heavy atom. The molecule has 2 rings (SSSR count). The maximum atomic E-state index is 12.5. The molecule has 7 heteroatoms. The van der Waals surface area contributed by atoms with Crippen LogP contribution in [-0.4, -0.2) is 52.6 Å². The molecule has 0 unspecified atom stereocenters. The van der Waals surface area contributed by atoms with Crippen LogP contribution >= 0.6 is 11.3 Å². The van der Waals surface area contributed by atoms with Gasteiger partial charge in [0.2, 0.25) is 0 Å². The van der Waals surface area contributed by atoms with Crippen LogP contribution in [0.3, 0.4) is 0 Å². The van der Waals surface area contributed by atoms with Gasteiger partial charge in [-0.15, -0.1) is 11.3 Å². The van der Waals surface area contributed by atoms with Crippen LogP contribution in [0.25, 0.3) is 0 Å². The molecule has 164 valence electrons. The normalized spacial score (nSPS) is 11.5. The number of aryl methyl sites for hydroxylation is 2. The lowest BCUT2D eigenvalue weighted by Gasteiger charge is -2.17. The second-order valence-corrected chi connectivity index (χ2v) is 8.87. The number of likely N-dealkylation sites (N-methyl/N-ethyl adjacent to an activating group) is 1. The summed E-state index contributed by atoms with van der Waals surface area (Å²) in [6.07, 6.45) is 6.06. The number of aliphatic hydroxyl groups excluding tert-OH is 1. The van der Waals surface area contributed by atoms with Crippen molar-refractivity contribution < 1.29 is 9.90 Å². The number of thiophene rings is 1. The molecule has 1 amide bonds. The molecule has 0 aliphatic rings. The van der Waals surface area contributed by atoms with Crippen LogP contribution in [0, 0.1) is 13.8 Å². The van der Waals surface area contributed by atoms with Crippen molar-refractivity contribution in [2.45, 2.75) is 60.4 Å². The van der Waals surface area contributed by atoms with Gasteiger partial charge in [-0.25, -0.2) is 4.99 Å². The fourth-order valence-corrected chi connectivity index (χ4v) is 4.41. The van der Waals surface area contributed by atoms with Gasteiger partial charge in [-0.1, -0.05) is 13.8 Å². The number of nitrogens with zero attached hydrogens (tertiary/aromatic N) is 4. The zero-order chi connectivity index (χ0) is 22.4. The molecule has 0 fully saturated rings. The van der Waals surface area contributed by atoms with Gasteiger partial charge in [0, 0.05) is 42.6 Å². The molecule has 0 aliphatic carbocycles. The Kier molecular flexibility index (Phi) is 8.55. The van der Waals surface area contributed by atoms with E-state index in [-0.39, 0.29) is 12.5 Å². The predicted molar refractivity (Wildman–Crippen MR) is 128 cm³/mol. The topological polar surface area (TPSA) is 70.2 Å². The summed E-state index contributed by atoms with van der Waals surface area (Å²) >= 11 is 1.42. The summed E-state index contributed by atoms with van der Waals surface area (Å²) in [4.78, 5) is 25.2. The Morgan fingerprint density at radius 2 is 1.93 bits per heavy atom. The summed E-state index contributed by atoms with van der Waals surface area (Å²) in [7, 11) is 1.70. The van der Waals surface area contributed by atoms with E-state index in [9.17, 15) is 4.79 Å². The molecular weight excluding hydrogens is 396 g/mol. The van der Waals surface area contributed by atoms with E-state index >= 15 is 0 Å². The minimum atomic E-state index is -0.0836. The highest BCUT2D eigenvalue weighted by Crippen LogP contribution is 2.38. The van der Waals surface area contributed by atoms with Gasteiger partial charge in [-0.05, 0) is 57.7 Å². The molecule has 0 saturated heterocycles. The van der Waals surface area contributed by atoms with Crippen LogP contribution in [0.15, 0.2) is 22.2 Å². The number of hydrogen-bond acceptors (Lipinski definition) is 5. The molecule has 0 aromatic carbocycles. The van der Waals surface area contributed by atoms with E-state index in [1.165, 1.54) is 16.2 Å². The maximum absolute atomic E-state index is 12.5. The van der Waals surface area contributed by atoms with E-state index in [0.717, 1.165) is 46.1 Å². The van der Waals surface area contributed by atoms with Crippen LogP contribution in [0.2, 0.25) is 0 Å². The molecule has 0 aliphatic heterocycles. The zero-order valence-corrected chi connectivity index (χ0v) is 20.0. The average Bonchev–Trinajstić information content (AvgIpc) is 3.20. The number of hydrogen-bond donors (Lipinski definition) is 1. The van der Waals surface area contributed by atoms with Crippen LogP contribution in [0.4, 0.5) is 11.5 Å². The molecule has 0 atom stereocenters. The Morgan fingerprint density at radius 3 is 2.50 bits per heavy atom. The molecule has 0 bridgehead atoms. The summed E-state index contributed by atoms with van der Waals surface area (Å²) in [5, 5.41) is 9.07. The second kappa shape index (κ2) is 10.7. The van der Waals surface area contributed by atoms with Crippen LogP contribution in [0.1, 0.15) is 72.3 Å². The fraction of sp³-hybridized carbons (Fsp3) is 0.522. The van der Waals surface area contributed by atoms with Crippen molar-refractivity contribution in [1.29, 1.82) is 0 Å². The first-order valence-corrected chi connectivity index (χ1v) is 11.3. The first kappa shape index (κ1) is 24.0. The quantitative estimate of drug-likeness (QED) is 0.537. The number of aliphatic hydroxyl groups is 1. The third-order valence-electron chi connectivity index (χ3n) is 5.09. The van der Waals surface area contributed by atoms with E-state index in [4.69, 9.17) is 15.1 Å². The van der Waals surface area contributed by atoms with E-state index in [1.807, 2.05) is 33.1 Å². The van der Waals surface area contributed by atoms with Crippen LogP contribution < -0.4 is 0 Å². The molecule has 30 heavy (non-hydrogen) atoms. The van der Waals surface area contributed by atoms with Crippen LogP contribution in [-0.2, 0) is 0 Å². The predicted octanol–water partition coefficient (Wildman–Crippen LogP) is 5.45. The highest BCUT2D eigenvalue weighted by molar-refractivity contribution is 7.15. The lowest BCUT2D eigenvalue weighted by atomic mass is 10.2. The number of carbonyl (C=O) groups is 1. The number of aliphatic imine (C=N–C) groups is 2. The van der Waals surface area contributed by atoms with E-state index < -0.39 is 0 Å². The molecule has 0 saturated carbocycles. The molecule has 1 N–H and O–H groups in total. The van der Waals surface area contributed by atoms with Gasteiger partial charge < -0.3 is 14.6 Å². The summed E-state index contributed by atoms with van der Waals surface area (Å²) in [5.74, 6) is 0.811. The fourth-order valence-electron chi connectivity index (χ4n) is 3.36. The maximum Gasteiger partial charge on any atom is 0.263 e. The van der Waals surface area contributed by atoms with Crippen molar-refractivity contribution >= 4 is 40.7 Å². The van der Waals surface area contributed by atoms with Gasteiger partial charge in [-0.3, -0.25) is 9.79 Å². The largest absolute Gasteiger partial charge is 0.395 e. The van der Waals surface area contributed by atoms with Gasteiger partial charge in [0.25, 0.3) is 5.91 Å². The Labute approximate surface area is 184 Å². The Balaban J connectivity index is 2.43. The Bertz CT molecular complexity index is 931. The van der Waals surface area contributed by atoms with Crippen molar-refractivity contribution in [2.75, 3.05) is 20.2 Å². The third kappa shape index (κ3) is 5.46. The third-order valence-corrected chi connectivity index (χ3v) is 6.25. The Hall–Kier alpha value is -2.25. The smallest absolute Gasteiger partial charge is 0.263 e. The number of carbonyl (C=O) groups excluding carboxylic acids is 1. The monoisotopic (exact) mass is 430 g/mol. The minimum absolute atomic E-state index is 0.0478. The second-order valence-electron chi connectivity index (χ2n) is 7.79. The van der Waals surface area contributed by atoms with Crippen molar-refractivity contribution in [1.82, 2.24) is 9.47 Å². The van der Waals surface area contributed by atoms with Gasteiger partial charge in [0.15, 0.2) is 5.82 Å². The van der Waals surface area contributed by atoms with E-state index in [2.05, 4.69) is 31.5 Å². The van der Waals surface area contributed by atoms with E-state index in [0.29, 0.717) is 17.5 Å². The lowest BCUT2D eigenvalue weighted by molar-refractivity contribution is 0.0771. The number of rotatable bonds is 9. The van der Waals surface area contributed by atoms with Gasteiger partial charge in [-0.2, -0.15) is 0 Å². The van der Waals surface area contributed by atoms with Crippen molar-refractivity contribution in [3.8, 4) is 0 Å². The highest BCUT2D eigenvalue weighted by atomic mass is 32.1. The SMILES string of the molecule is CCC(CC)n1cc(C)c(N=Cc2sc(C(=O)N(C)CCO)cc2C)c1N=C(C)C. The number of aromatic nitrogens is 1. The van der Waals surface area contributed by atoms with Crippen molar-refractivity contribution in [2.24, 2.45) is 9.98 Å². The molecular formula is C23H34N4O2S. The van der Waals surface area contributed by atoms with Gasteiger partial charge >= 0.3 is 0 Å². The molecule has 0 radical (unpaired) electrons. The number of amides is 1. The van der Waals surface area contributed by atoms with E-state index in [1.54, 1.807) is 7.05 Å². The average molecular weight is 431 g/mol. The van der Waals surface area contributed by atoms with Crippen molar-refractivity contribution in [3.05, 3.63) is 33.1 Å². The zero-order valence-electron chi connectivity index (χ0n) is 19.2. The first-order valence-electron chi connectivity index (χ1n) is 10.5. The minimum Gasteiger partial charge on any atom is -0.395 e. The lowest BCUT2D eigenvalue weighted by Crippen LogP contribution is -2.28. The van der Waals surface area contributed by atoms with Crippen LogP contribution in [0.5, 0.6) is 0 Å². The summed E-state index contributed by atoms with van der Waals surface area (Å²) in [6.45, 7) is 12.7. The molecule has 2 aromatic rings. The highest BCUT2D eigenvalue weighted by Gasteiger charge is 2.18. The summed E-state index contributed by atoms with van der Waals surface area (Å²) in [5.41, 5.74) is 3.97. The summed E-state index contributed by atoms with van der Waals surface area (Å²) in [6, 6.07) is 2.28. The van der Waals surface area contributed by atoms with Crippen molar-refractivity contribution in [3.63, 3.8) is 0 Å². The molecule has 6 nitrogen and oxygen atoms in total. The first-order chi connectivity index (χ1) is 14.2. The molecule has 2 aromatic heterocycles. The van der Waals surface area contributed by atoms with Gasteiger partial charge in [0.05, 0.1) is 11.5 Å². The van der Waals surface area contributed by atoms with Gasteiger partial charge in [0.1, 0.15) is 5.69 Å². The molecule has 0 spiro atoms. The summed E-state index contributed by atoms with van der Waals surface area (Å²) < 4.78 is 2.25. The molecule has 2 heterocycles.